The molecule has 16 heteroatoms. The maximum atomic E-state index is 5.22. The lowest BCUT2D eigenvalue weighted by Crippen LogP contribution is -2.12. The van der Waals surface area contributed by atoms with Crippen LogP contribution in [0.4, 0.5) is 28.7 Å². The predicted octanol–water partition coefficient (Wildman–Crippen LogP) is 6.99. The molecule has 274 valence electrons. The van der Waals surface area contributed by atoms with Gasteiger partial charge in [-0.05, 0) is 54.6 Å². The molecule has 2 N–H and O–H groups in total. The monoisotopic (exact) mass is 746 g/mol. The third-order valence-electron chi connectivity index (χ3n) is 10.8. The lowest BCUT2D eigenvalue weighted by atomic mass is 9.93. The summed E-state index contributed by atoms with van der Waals surface area (Å²) < 4.78 is 12.0. The lowest BCUT2D eigenvalue weighted by Gasteiger charge is -2.20. The van der Waals surface area contributed by atoms with Gasteiger partial charge in [-0.1, -0.05) is 6.07 Å². The van der Waals surface area contributed by atoms with Crippen LogP contribution in [0.2, 0.25) is 0 Å². The lowest BCUT2D eigenvalue weighted by molar-refractivity contribution is 0.919. The summed E-state index contributed by atoms with van der Waals surface area (Å²) in [5.41, 5.74) is 8.98. The molecule has 0 saturated heterocycles. The van der Waals surface area contributed by atoms with Gasteiger partial charge in [0.2, 0.25) is 11.6 Å². The number of aryl methyl sites for hydroxylation is 2. The molecule has 16 nitrogen and oxygen atoms in total. The molecule has 1 atom stereocenters. The van der Waals surface area contributed by atoms with Gasteiger partial charge in [0.1, 0.15) is 24.3 Å². The van der Waals surface area contributed by atoms with Crippen molar-refractivity contribution in [2.45, 2.75) is 5.92 Å². The SMILES string of the molecule is Cn1cncc1Nc1cc(-n2cccc2)cc2c1C(c1nc3ncnc4nc(-n5cnc6cc(-n7cccc7)cc(Nc7cncn7C)c65)c5ccc1c5n34)C=N2. The molecule has 0 radical (unpaired) electrons. The van der Waals surface area contributed by atoms with Crippen LogP contribution in [-0.4, -0.2) is 68.3 Å². The summed E-state index contributed by atoms with van der Waals surface area (Å²) in [5, 5.41) is 9.12. The van der Waals surface area contributed by atoms with Crippen LogP contribution in [0.3, 0.4) is 0 Å². The van der Waals surface area contributed by atoms with Crippen molar-refractivity contribution in [1.29, 1.82) is 0 Å². The van der Waals surface area contributed by atoms with Crippen molar-refractivity contribution >= 4 is 73.8 Å². The Kier molecular flexibility index (Phi) is 6.40. The number of rotatable bonds is 8. The largest absolute Gasteiger partial charge is 0.340 e. The van der Waals surface area contributed by atoms with Gasteiger partial charge < -0.3 is 28.9 Å². The van der Waals surface area contributed by atoms with E-state index in [9.17, 15) is 0 Å². The summed E-state index contributed by atoms with van der Waals surface area (Å²) in [6, 6.07) is 20.7. The summed E-state index contributed by atoms with van der Waals surface area (Å²) in [4.78, 5) is 38.3. The Morgan fingerprint density at radius 1 is 0.649 bits per heavy atom. The van der Waals surface area contributed by atoms with Crippen molar-refractivity contribution in [3.05, 3.63) is 134 Å². The highest BCUT2D eigenvalue weighted by atomic mass is 15.2. The number of fused-ring (bicyclic) bond motifs is 2. The highest BCUT2D eigenvalue weighted by Crippen LogP contribution is 2.46. The van der Waals surface area contributed by atoms with E-state index < -0.39 is 0 Å². The van der Waals surface area contributed by atoms with Gasteiger partial charge in [0.25, 0.3) is 0 Å². The number of benzene rings is 2. The molecule has 3 aromatic carbocycles. The molecule has 8 aromatic heterocycles. The number of hydrogen-bond acceptors (Lipinski definition) is 10. The summed E-state index contributed by atoms with van der Waals surface area (Å²) in [5.74, 6) is 3.05. The van der Waals surface area contributed by atoms with Gasteiger partial charge >= 0.3 is 0 Å². The van der Waals surface area contributed by atoms with Crippen LogP contribution in [0.15, 0.2) is 128 Å². The molecule has 12 rings (SSSR count). The number of nitrogens with one attached hydrogen (secondary N) is 2. The van der Waals surface area contributed by atoms with Gasteiger partial charge in [-0.2, -0.15) is 4.98 Å². The molecule has 57 heavy (non-hydrogen) atoms. The number of imidazole rings is 3. The van der Waals surface area contributed by atoms with Crippen LogP contribution in [-0.2, 0) is 14.1 Å². The fourth-order valence-electron chi connectivity index (χ4n) is 8.07. The molecule has 0 fully saturated rings. The molecule has 0 spiro atoms. The molecule has 11 aromatic rings. The van der Waals surface area contributed by atoms with Crippen LogP contribution in [0.5, 0.6) is 0 Å². The quantitative estimate of drug-likeness (QED) is 0.167. The minimum Gasteiger partial charge on any atom is -0.340 e. The predicted molar refractivity (Wildman–Crippen MR) is 217 cm³/mol. The van der Waals surface area contributed by atoms with E-state index in [1.165, 1.54) is 6.33 Å². The Morgan fingerprint density at radius 2 is 1.30 bits per heavy atom. The normalized spacial score (nSPS) is 13.9. The summed E-state index contributed by atoms with van der Waals surface area (Å²) in [7, 11) is 3.92. The molecule has 1 aliphatic rings. The first-order valence-electron chi connectivity index (χ1n) is 18.3. The molecule has 1 unspecified atom stereocenters. The number of anilines is 4. The van der Waals surface area contributed by atoms with Gasteiger partial charge in [0, 0.05) is 78.5 Å². The van der Waals surface area contributed by atoms with Gasteiger partial charge in [-0.15, -0.1) is 0 Å². The van der Waals surface area contributed by atoms with Crippen molar-refractivity contribution in [1.82, 2.24) is 62.1 Å². The third-order valence-corrected chi connectivity index (χ3v) is 10.8. The van der Waals surface area contributed by atoms with Crippen LogP contribution < -0.4 is 10.6 Å². The van der Waals surface area contributed by atoms with Crippen LogP contribution in [0.25, 0.3) is 56.1 Å². The molecular formula is C41H30N16. The van der Waals surface area contributed by atoms with E-state index >= 15 is 0 Å². The zero-order valence-corrected chi connectivity index (χ0v) is 30.5. The second kappa shape index (κ2) is 11.7. The van der Waals surface area contributed by atoms with Gasteiger partial charge in [-0.3, -0.25) is 9.56 Å². The van der Waals surface area contributed by atoms with Crippen LogP contribution >= 0.6 is 0 Å². The van der Waals surface area contributed by atoms with E-state index in [1.807, 2.05) is 100.0 Å². The van der Waals surface area contributed by atoms with Crippen molar-refractivity contribution < 1.29 is 0 Å². The molecule has 1 aliphatic heterocycles. The van der Waals surface area contributed by atoms with E-state index in [1.54, 1.807) is 18.9 Å². The summed E-state index contributed by atoms with van der Waals surface area (Å²) in [6.45, 7) is 0. The van der Waals surface area contributed by atoms with E-state index in [4.69, 9.17) is 19.9 Å². The van der Waals surface area contributed by atoms with Crippen molar-refractivity contribution in [2.75, 3.05) is 10.6 Å². The Hall–Kier alpha value is -8.14. The van der Waals surface area contributed by atoms with Gasteiger partial charge in [-0.25, -0.2) is 34.3 Å². The molecule has 0 amide bonds. The number of nitrogens with zero attached hydrogens (tertiary/aromatic N) is 14. The molecular weight excluding hydrogens is 717 g/mol. The van der Waals surface area contributed by atoms with E-state index in [0.29, 0.717) is 17.4 Å². The number of hydrogen-bond donors (Lipinski definition) is 2. The van der Waals surface area contributed by atoms with Crippen molar-refractivity contribution in [3.8, 4) is 17.2 Å². The first-order chi connectivity index (χ1) is 28.1. The molecule has 9 heterocycles. The van der Waals surface area contributed by atoms with Crippen molar-refractivity contribution in [3.63, 3.8) is 0 Å². The van der Waals surface area contributed by atoms with E-state index in [2.05, 4.69) is 76.1 Å². The fraction of sp³-hybridized carbons (Fsp3) is 0.0732. The van der Waals surface area contributed by atoms with Gasteiger partial charge in [0.05, 0.1) is 64.6 Å². The van der Waals surface area contributed by atoms with E-state index in [-0.39, 0.29) is 5.92 Å². The Balaban J connectivity index is 1.06. The minimum absolute atomic E-state index is 0.286. The number of aliphatic imine (C=N–C) groups is 1. The first kappa shape index (κ1) is 31.2. The zero-order valence-electron chi connectivity index (χ0n) is 30.5. The Morgan fingerprint density at radius 3 is 2.00 bits per heavy atom. The highest BCUT2D eigenvalue weighted by Gasteiger charge is 2.31. The second-order valence-corrected chi connectivity index (χ2v) is 14.1. The average Bonchev–Trinajstić information content (AvgIpc) is 4.08. The average molecular weight is 747 g/mol. The van der Waals surface area contributed by atoms with Gasteiger partial charge in [0.15, 0.2) is 5.82 Å². The third kappa shape index (κ3) is 4.67. The fourth-order valence-corrected chi connectivity index (χ4v) is 8.07. The summed E-state index contributed by atoms with van der Waals surface area (Å²) in [6.07, 6.45) is 20.6. The Bertz CT molecular complexity index is 3340. The maximum Gasteiger partial charge on any atom is 0.240 e. The van der Waals surface area contributed by atoms with E-state index in [0.717, 1.165) is 78.7 Å². The van der Waals surface area contributed by atoms with Crippen molar-refractivity contribution in [2.24, 2.45) is 19.1 Å². The number of aromatic nitrogens is 13. The molecule has 0 bridgehead atoms. The Labute approximate surface area is 322 Å². The molecule has 0 saturated carbocycles. The smallest absolute Gasteiger partial charge is 0.240 e. The summed E-state index contributed by atoms with van der Waals surface area (Å²) >= 11 is 0. The zero-order chi connectivity index (χ0) is 37.8. The topological polar surface area (TPSA) is 156 Å². The standard InChI is InChI=1S/C41H30N16/c1-52-21-42-18-33(52)48-30-14-24(54-9-3-4-10-54)13-29-35(30)28(17-44-29)36-26-7-8-27-37(26)57-40(50-36)45-20-46-41(57)51-39(27)56-23-47-31-15-25(55-11-5-6-12-55)16-32(38(31)56)49-34-19-43-22-53(34)2/h3-23,28,48-49H,1-2H3. The maximum absolute atomic E-state index is 5.22. The molecule has 0 aliphatic carbocycles. The second-order valence-electron chi connectivity index (χ2n) is 14.1. The highest BCUT2D eigenvalue weighted by molar-refractivity contribution is 6.07. The van der Waals surface area contributed by atoms with Crippen LogP contribution in [0.1, 0.15) is 17.2 Å². The van der Waals surface area contributed by atoms with Crippen LogP contribution in [0, 0.1) is 0 Å². The first-order valence-corrected chi connectivity index (χ1v) is 18.3. The minimum atomic E-state index is -0.286.